The van der Waals surface area contributed by atoms with Crippen LogP contribution in [0.1, 0.15) is 40.9 Å². The minimum atomic E-state index is -0.398. The quantitative estimate of drug-likeness (QED) is 0.513. The molecule has 0 radical (unpaired) electrons. The van der Waals surface area contributed by atoms with Crippen molar-refractivity contribution in [2.75, 3.05) is 0 Å². The third-order valence-corrected chi connectivity index (χ3v) is 5.48. The Labute approximate surface area is 167 Å². The van der Waals surface area contributed by atoms with Gasteiger partial charge in [0.1, 0.15) is 0 Å². The maximum atomic E-state index is 12.6. The number of H-pyrrole nitrogens is 1. The summed E-state index contributed by atoms with van der Waals surface area (Å²) in [4.78, 5) is 16.1. The van der Waals surface area contributed by atoms with E-state index in [0.717, 1.165) is 29.3 Å². The second-order valence-corrected chi connectivity index (χ2v) is 7.63. The van der Waals surface area contributed by atoms with Gasteiger partial charge in [-0.3, -0.25) is 0 Å². The van der Waals surface area contributed by atoms with Crippen molar-refractivity contribution in [2.45, 2.75) is 32.8 Å². The fraction of sp³-hybridized carbons (Fsp3) is 0.261. The highest BCUT2D eigenvalue weighted by molar-refractivity contribution is 5.96. The standard InChI is InChI=1S/C23H21N3O3/c1-14-7-9-19-17(11-14)18-12-16(8-10-20(18)24-19)23(27)28-13-21-25-26-22(29-21)15-5-3-2-4-6-15/h2-6,8,10,12,14,24H,7,9,11,13H2,1H3/t14-/m1/s1. The summed E-state index contributed by atoms with van der Waals surface area (Å²) in [7, 11) is 0. The molecule has 0 aliphatic heterocycles. The Balaban J connectivity index is 1.32. The molecule has 0 spiro atoms. The molecule has 5 rings (SSSR count). The summed E-state index contributed by atoms with van der Waals surface area (Å²) in [6.07, 6.45) is 3.30. The number of fused-ring (bicyclic) bond motifs is 3. The number of aryl methyl sites for hydroxylation is 1. The van der Waals surface area contributed by atoms with Crippen LogP contribution >= 0.6 is 0 Å². The number of carbonyl (C=O) groups is 1. The van der Waals surface area contributed by atoms with Crippen LogP contribution in [0.3, 0.4) is 0 Å². The normalized spacial score (nSPS) is 16.0. The zero-order valence-corrected chi connectivity index (χ0v) is 16.1. The molecule has 146 valence electrons. The topological polar surface area (TPSA) is 81.0 Å². The zero-order chi connectivity index (χ0) is 19.8. The second-order valence-electron chi connectivity index (χ2n) is 7.63. The highest BCUT2D eigenvalue weighted by atomic mass is 16.5. The monoisotopic (exact) mass is 387 g/mol. The van der Waals surface area contributed by atoms with Crippen LogP contribution in [0, 0.1) is 5.92 Å². The van der Waals surface area contributed by atoms with Gasteiger partial charge in [-0.25, -0.2) is 4.79 Å². The number of ether oxygens (including phenoxy) is 1. The lowest BCUT2D eigenvalue weighted by molar-refractivity contribution is 0.0439. The fourth-order valence-electron chi connectivity index (χ4n) is 3.94. The van der Waals surface area contributed by atoms with Gasteiger partial charge in [-0.2, -0.15) is 0 Å². The molecule has 6 nitrogen and oxygen atoms in total. The van der Waals surface area contributed by atoms with Crippen LogP contribution < -0.4 is 0 Å². The number of nitrogens with zero attached hydrogens (tertiary/aromatic N) is 2. The van der Waals surface area contributed by atoms with Crippen LogP contribution in [0.25, 0.3) is 22.4 Å². The van der Waals surface area contributed by atoms with Gasteiger partial charge < -0.3 is 14.1 Å². The number of esters is 1. The lowest BCUT2D eigenvalue weighted by Crippen LogP contribution is -2.10. The van der Waals surface area contributed by atoms with E-state index in [1.165, 1.54) is 17.7 Å². The minimum Gasteiger partial charge on any atom is -0.452 e. The average Bonchev–Trinajstić information content (AvgIpc) is 3.37. The Morgan fingerprint density at radius 2 is 2.07 bits per heavy atom. The van der Waals surface area contributed by atoms with Crippen molar-refractivity contribution >= 4 is 16.9 Å². The summed E-state index contributed by atoms with van der Waals surface area (Å²) >= 11 is 0. The highest BCUT2D eigenvalue weighted by Gasteiger charge is 2.21. The zero-order valence-electron chi connectivity index (χ0n) is 16.1. The predicted molar refractivity (Wildman–Crippen MR) is 108 cm³/mol. The number of benzene rings is 2. The first-order valence-corrected chi connectivity index (χ1v) is 9.86. The number of nitrogens with one attached hydrogen (secondary N) is 1. The van der Waals surface area contributed by atoms with E-state index in [2.05, 4.69) is 22.1 Å². The predicted octanol–water partition coefficient (Wildman–Crippen LogP) is 4.70. The molecule has 1 aliphatic carbocycles. The first kappa shape index (κ1) is 17.7. The summed E-state index contributed by atoms with van der Waals surface area (Å²) in [6.45, 7) is 2.22. The summed E-state index contributed by atoms with van der Waals surface area (Å²) in [6, 6.07) is 15.2. The third-order valence-electron chi connectivity index (χ3n) is 5.48. The summed E-state index contributed by atoms with van der Waals surface area (Å²) in [5.41, 5.74) is 5.06. The molecular weight excluding hydrogens is 366 g/mol. The number of aromatic nitrogens is 3. The van der Waals surface area contributed by atoms with Gasteiger partial charge in [-0.15, -0.1) is 10.2 Å². The molecule has 2 aromatic heterocycles. The van der Waals surface area contributed by atoms with Crippen LogP contribution in [-0.2, 0) is 24.2 Å². The molecule has 0 saturated carbocycles. The van der Waals surface area contributed by atoms with E-state index in [9.17, 15) is 4.79 Å². The Kier molecular flexibility index (Phi) is 4.39. The maximum absolute atomic E-state index is 12.6. The van der Waals surface area contributed by atoms with E-state index in [1.54, 1.807) is 6.07 Å². The summed E-state index contributed by atoms with van der Waals surface area (Å²) in [5.74, 6) is 0.941. The van der Waals surface area contributed by atoms with E-state index >= 15 is 0 Å². The van der Waals surface area contributed by atoms with Gasteiger partial charge in [-0.05, 0) is 61.1 Å². The molecule has 1 atom stereocenters. The van der Waals surface area contributed by atoms with Crippen molar-refractivity contribution in [3.05, 3.63) is 71.2 Å². The number of hydrogen-bond donors (Lipinski definition) is 1. The molecule has 6 heteroatoms. The van der Waals surface area contributed by atoms with Crippen molar-refractivity contribution < 1.29 is 13.9 Å². The molecule has 2 aromatic carbocycles. The largest absolute Gasteiger partial charge is 0.452 e. The van der Waals surface area contributed by atoms with E-state index in [4.69, 9.17) is 9.15 Å². The highest BCUT2D eigenvalue weighted by Crippen LogP contribution is 2.32. The molecular formula is C23H21N3O3. The number of carbonyl (C=O) groups excluding carboxylic acids is 1. The molecule has 4 aromatic rings. The van der Waals surface area contributed by atoms with E-state index in [1.807, 2.05) is 42.5 Å². The van der Waals surface area contributed by atoms with Gasteiger partial charge in [0.2, 0.25) is 5.89 Å². The summed E-state index contributed by atoms with van der Waals surface area (Å²) < 4.78 is 11.0. The van der Waals surface area contributed by atoms with Gasteiger partial charge in [0.15, 0.2) is 6.61 Å². The van der Waals surface area contributed by atoms with Crippen LogP contribution in [-0.4, -0.2) is 21.2 Å². The van der Waals surface area contributed by atoms with Crippen LogP contribution in [0.2, 0.25) is 0 Å². The van der Waals surface area contributed by atoms with Crippen molar-refractivity contribution in [2.24, 2.45) is 5.92 Å². The Bertz CT molecular complexity index is 1180. The van der Waals surface area contributed by atoms with Gasteiger partial charge in [0.05, 0.1) is 5.56 Å². The second kappa shape index (κ2) is 7.20. The minimum absolute atomic E-state index is 0.0566. The number of aromatic amines is 1. The van der Waals surface area contributed by atoms with Crippen LogP contribution in [0.15, 0.2) is 52.9 Å². The summed E-state index contributed by atoms with van der Waals surface area (Å²) in [5, 5.41) is 9.10. The maximum Gasteiger partial charge on any atom is 0.338 e. The van der Waals surface area contributed by atoms with Crippen LogP contribution in [0.4, 0.5) is 0 Å². The molecule has 0 fully saturated rings. The average molecular weight is 387 g/mol. The Morgan fingerprint density at radius 3 is 2.93 bits per heavy atom. The Hall–Kier alpha value is -3.41. The molecule has 1 aliphatic rings. The lowest BCUT2D eigenvalue weighted by Gasteiger charge is -2.18. The number of hydrogen-bond acceptors (Lipinski definition) is 5. The van der Waals surface area contributed by atoms with Gasteiger partial charge in [0, 0.05) is 22.2 Å². The molecule has 0 saturated heterocycles. The van der Waals surface area contributed by atoms with E-state index in [0.29, 0.717) is 17.4 Å². The fourth-order valence-corrected chi connectivity index (χ4v) is 3.94. The molecule has 0 unspecified atom stereocenters. The molecule has 0 bridgehead atoms. The lowest BCUT2D eigenvalue weighted by atomic mass is 9.87. The first-order chi connectivity index (χ1) is 14.2. The van der Waals surface area contributed by atoms with E-state index in [-0.39, 0.29) is 12.5 Å². The number of rotatable bonds is 4. The molecule has 0 amide bonds. The Morgan fingerprint density at radius 1 is 1.21 bits per heavy atom. The van der Waals surface area contributed by atoms with Gasteiger partial charge >= 0.3 is 5.97 Å². The van der Waals surface area contributed by atoms with Crippen molar-refractivity contribution in [3.63, 3.8) is 0 Å². The van der Waals surface area contributed by atoms with Crippen molar-refractivity contribution in [3.8, 4) is 11.5 Å². The molecule has 1 N–H and O–H groups in total. The van der Waals surface area contributed by atoms with Gasteiger partial charge in [0.25, 0.3) is 5.89 Å². The van der Waals surface area contributed by atoms with E-state index < -0.39 is 5.97 Å². The van der Waals surface area contributed by atoms with Crippen molar-refractivity contribution in [1.82, 2.24) is 15.2 Å². The van der Waals surface area contributed by atoms with Crippen molar-refractivity contribution in [1.29, 1.82) is 0 Å². The van der Waals surface area contributed by atoms with Crippen LogP contribution in [0.5, 0.6) is 0 Å². The SMILES string of the molecule is C[C@@H]1CCc2[nH]c3ccc(C(=O)OCc4nnc(-c5ccccc5)o4)cc3c2C1. The third kappa shape index (κ3) is 3.42. The molecule has 2 heterocycles. The molecule has 29 heavy (non-hydrogen) atoms. The smallest absolute Gasteiger partial charge is 0.338 e. The van der Waals surface area contributed by atoms with Gasteiger partial charge in [-0.1, -0.05) is 25.1 Å². The first-order valence-electron chi connectivity index (χ1n) is 9.86.